The van der Waals surface area contributed by atoms with Gasteiger partial charge in [-0.15, -0.1) is 0 Å². The van der Waals surface area contributed by atoms with Gasteiger partial charge in [0.2, 0.25) is 0 Å². The van der Waals surface area contributed by atoms with E-state index in [1.807, 2.05) is 0 Å². The molecule has 0 aromatic rings. The molecule has 0 spiro atoms. The van der Waals surface area contributed by atoms with Crippen LogP contribution in [0, 0.1) is 0 Å². The minimum absolute atomic E-state index is 0.407. The Hall–Kier alpha value is -0.240. The number of unbranched alkanes of at least 4 members (excludes halogenated alkanes) is 2. The summed E-state index contributed by atoms with van der Waals surface area (Å²) in [6, 6.07) is -0.407. The first-order chi connectivity index (χ1) is 6.73. The Morgan fingerprint density at radius 2 is 1.53 bits per heavy atom. The van der Waals surface area contributed by atoms with E-state index in [9.17, 15) is 0 Å². The third-order valence-electron chi connectivity index (χ3n) is 2.77. The second kappa shape index (κ2) is 5.74. The van der Waals surface area contributed by atoms with Gasteiger partial charge in [-0.1, -0.05) is 12.8 Å². The molecule has 0 aromatic carbocycles. The Labute approximate surface area is 91.7 Å². The van der Waals surface area contributed by atoms with Gasteiger partial charge in [-0.05, 0) is 26.3 Å². The van der Waals surface area contributed by atoms with Gasteiger partial charge in [-0.2, -0.15) is 0 Å². The third kappa shape index (κ3) is 4.42. The molecule has 0 amide bonds. The molecule has 0 aromatic heterocycles. The summed E-state index contributed by atoms with van der Waals surface area (Å²) in [5.74, 6) is 0. The molecule has 0 fully saturated rings. The molecule has 0 saturated carbocycles. The summed E-state index contributed by atoms with van der Waals surface area (Å²) in [5, 5.41) is 0. The van der Waals surface area contributed by atoms with E-state index in [-0.39, 0.29) is 0 Å². The molecule has 0 heterocycles. The molecule has 0 aliphatic carbocycles. The highest BCUT2D eigenvalue weighted by atomic mass is 15.2. The predicted octanol–water partition coefficient (Wildman–Crippen LogP) is -1.92. The van der Waals surface area contributed by atoms with Crippen molar-refractivity contribution in [2.45, 2.75) is 50.0 Å². The van der Waals surface area contributed by atoms with Gasteiger partial charge in [0, 0.05) is 6.04 Å². The second-order valence-corrected chi connectivity index (χ2v) is 4.46. The molecular weight excluding hydrogens is 192 g/mol. The first-order valence-corrected chi connectivity index (χ1v) is 5.34. The van der Waals surface area contributed by atoms with E-state index in [1.54, 1.807) is 6.92 Å². The van der Waals surface area contributed by atoms with E-state index < -0.39 is 17.4 Å². The zero-order chi connectivity index (χ0) is 12.1. The van der Waals surface area contributed by atoms with E-state index in [2.05, 4.69) is 0 Å². The van der Waals surface area contributed by atoms with Gasteiger partial charge >= 0.3 is 0 Å². The minimum atomic E-state index is -1.25. The van der Waals surface area contributed by atoms with Gasteiger partial charge in [0.1, 0.15) is 5.66 Å². The number of hydrogen-bond acceptors (Lipinski definition) is 6. The van der Waals surface area contributed by atoms with E-state index >= 15 is 0 Å². The fraction of sp³-hybridized carbons (Fsp3) is 1.00. The fourth-order valence-corrected chi connectivity index (χ4v) is 1.32. The van der Waals surface area contributed by atoms with Gasteiger partial charge in [0.25, 0.3) is 0 Å². The van der Waals surface area contributed by atoms with Gasteiger partial charge in [0.15, 0.2) is 0 Å². The SMILES string of the molecule is CC(N)(N)C(N)(N)C(N)CCCCCN. The molecule has 6 heteroatoms. The summed E-state index contributed by atoms with van der Waals surface area (Å²) in [5.41, 5.74) is 31.8. The van der Waals surface area contributed by atoms with Crippen LogP contribution in [0.2, 0.25) is 0 Å². The van der Waals surface area contributed by atoms with Crippen molar-refractivity contribution in [3.05, 3.63) is 0 Å². The van der Waals surface area contributed by atoms with Crippen LogP contribution in [0.25, 0.3) is 0 Å². The second-order valence-electron chi connectivity index (χ2n) is 4.46. The number of rotatable bonds is 7. The van der Waals surface area contributed by atoms with Crippen molar-refractivity contribution in [3.63, 3.8) is 0 Å². The zero-order valence-corrected chi connectivity index (χ0v) is 9.58. The summed E-state index contributed by atoms with van der Waals surface area (Å²) in [7, 11) is 0. The Morgan fingerprint density at radius 1 is 1.00 bits per heavy atom. The molecule has 0 radical (unpaired) electrons. The summed E-state index contributed by atoms with van der Waals surface area (Å²) in [6.45, 7) is 2.27. The minimum Gasteiger partial charge on any atom is -0.330 e. The van der Waals surface area contributed by atoms with E-state index in [0.29, 0.717) is 13.0 Å². The van der Waals surface area contributed by atoms with Crippen molar-refractivity contribution < 1.29 is 0 Å². The fourth-order valence-electron chi connectivity index (χ4n) is 1.32. The van der Waals surface area contributed by atoms with Crippen molar-refractivity contribution in [2.24, 2.45) is 34.4 Å². The molecular formula is C9H26N6. The maximum Gasteiger partial charge on any atom is 0.111 e. The summed E-state index contributed by atoms with van der Waals surface area (Å²) in [6.07, 6.45) is 3.64. The van der Waals surface area contributed by atoms with Crippen LogP contribution in [-0.4, -0.2) is 23.9 Å². The molecule has 0 saturated heterocycles. The Kier molecular flexibility index (Phi) is 5.65. The smallest absolute Gasteiger partial charge is 0.111 e. The molecule has 1 unspecified atom stereocenters. The van der Waals surface area contributed by atoms with Gasteiger partial charge in [-0.25, -0.2) is 0 Å². The van der Waals surface area contributed by atoms with E-state index in [1.165, 1.54) is 0 Å². The predicted molar refractivity (Wildman–Crippen MR) is 63.4 cm³/mol. The van der Waals surface area contributed by atoms with Crippen LogP contribution in [0.1, 0.15) is 32.6 Å². The molecule has 0 bridgehead atoms. The molecule has 92 valence electrons. The quantitative estimate of drug-likeness (QED) is 0.216. The average Bonchev–Trinajstić information content (AvgIpc) is 2.10. The highest BCUT2D eigenvalue weighted by molar-refractivity contribution is 5.02. The van der Waals surface area contributed by atoms with Crippen molar-refractivity contribution in [1.29, 1.82) is 0 Å². The topological polar surface area (TPSA) is 156 Å². The van der Waals surface area contributed by atoms with Gasteiger partial charge in [-0.3, -0.25) is 0 Å². The standard InChI is InChI=1S/C9H26N6/c1-8(12,13)9(14,15)7(11)5-3-2-4-6-10/h7H,2-6,10-15H2,1H3. The average molecular weight is 218 g/mol. The Balaban J connectivity index is 4.03. The van der Waals surface area contributed by atoms with Crippen molar-refractivity contribution in [2.75, 3.05) is 6.54 Å². The maximum absolute atomic E-state index is 5.88. The molecule has 0 rings (SSSR count). The summed E-state index contributed by atoms with van der Waals surface area (Å²) in [4.78, 5) is 0. The van der Waals surface area contributed by atoms with E-state index in [0.717, 1.165) is 19.3 Å². The lowest BCUT2D eigenvalue weighted by molar-refractivity contribution is 0.199. The van der Waals surface area contributed by atoms with E-state index in [4.69, 9.17) is 34.4 Å². The number of hydrogen-bond donors (Lipinski definition) is 6. The lowest BCUT2D eigenvalue weighted by atomic mass is 9.87. The van der Waals surface area contributed by atoms with Crippen LogP contribution in [0.4, 0.5) is 0 Å². The van der Waals surface area contributed by atoms with Crippen LogP contribution < -0.4 is 34.4 Å². The first-order valence-electron chi connectivity index (χ1n) is 5.34. The van der Waals surface area contributed by atoms with Crippen LogP contribution in [0.5, 0.6) is 0 Å². The number of nitrogens with two attached hydrogens (primary N) is 6. The van der Waals surface area contributed by atoms with Crippen LogP contribution in [-0.2, 0) is 0 Å². The van der Waals surface area contributed by atoms with Crippen molar-refractivity contribution >= 4 is 0 Å². The van der Waals surface area contributed by atoms with Crippen LogP contribution in [0.15, 0.2) is 0 Å². The van der Waals surface area contributed by atoms with Crippen molar-refractivity contribution in [3.8, 4) is 0 Å². The van der Waals surface area contributed by atoms with Gasteiger partial charge < -0.3 is 34.4 Å². The molecule has 6 nitrogen and oxygen atoms in total. The highest BCUT2D eigenvalue weighted by Gasteiger charge is 2.40. The molecule has 0 aliphatic rings. The summed E-state index contributed by atoms with van der Waals surface area (Å²) < 4.78 is 0. The zero-order valence-electron chi connectivity index (χ0n) is 9.58. The monoisotopic (exact) mass is 218 g/mol. The molecule has 12 N–H and O–H groups in total. The first kappa shape index (κ1) is 14.8. The third-order valence-corrected chi connectivity index (χ3v) is 2.77. The normalized spacial score (nSPS) is 15.4. The largest absolute Gasteiger partial charge is 0.330 e. The lowest BCUT2D eigenvalue weighted by Gasteiger charge is -2.41. The Morgan fingerprint density at radius 3 is 1.93 bits per heavy atom. The van der Waals surface area contributed by atoms with Gasteiger partial charge in [0.05, 0.1) is 5.66 Å². The summed E-state index contributed by atoms with van der Waals surface area (Å²) >= 11 is 0. The van der Waals surface area contributed by atoms with Crippen LogP contribution in [0.3, 0.4) is 0 Å². The molecule has 15 heavy (non-hydrogen) atoms. The molecule has 1 atom stereocenters. The highest BCUT2D eigenvalue weighted by Crippen LogP contribution is 2.14. The van der Waals surface area contributed by atoms with Crippen molar-refractivity contribution in [1.82, 2.24) is 0 Å². The maximum atomic E-state index is 5.88. The Bertz CT molecular complexity index is 174. The molecule has 0 aliphatic heterocycles. The lowest BCUT2D eigenvalue weighted by Crippen LogP contribution is -2.80. The van der Waals surface area contributed by atoms with Crippen LogP contribution >= 0.6 is 0 Å².